The smallest absolute Gasteiger partial charge is 0.0639 e. The molecule has 0 aromatic heterocycles. The summed E-state index contributed by atoms with van der Waals surface area (Å²) in [5.41, 5.74) is 1.27. The standard InChI is InChI=1S/C14H21ClN2/c1-11-8-9-17(10-14(2,3)16-11)13-7-5-4-6-12(13)15/h4-7,11,16H,8-10H2,1-3H3. The fraction of sp³-hybridized carbons (Fsp3) is 0.571. The van der Waals surface area contributed by atoms with Crippen molar-refractivity contribution < 1.29 is 0 Å². The first-order chi connectivity index (χ1) is 7.98. The monoisotopic (exact) mass is 252 g/mol. The molecule has 1 aromatic rings. The van der Waals surface area contributed by atoms with E-state index >= 15 is 0 Å². The second-order valence-corrected chi connectivity index (χ2v) is 6.00. The molecule has 2 rings (SSSR count). The van der Waals surface area contributed by atoms with Crippen molar-refractivity contribution in [3.8, 4) is 0 Å². The molecule has 1 aliphatic heterocycles. The van der Waals surface area contributed by atoms with Crippen LogP contribution in [-0.4, -0.2) is 24.7 Å². The average Bonchev–Trinajstić information content (AvgIpc) is 2.37. The van der Waals surface area contributed by atoms with Crippen LogP contribution < -0.4 is 10.2 Å². The predicted octanol–water partition coefficient (Wildman–Crippen LogP) is 3.31. The van der Waals surface area contributed by atoms with Gasteiger partial charge in [0.25, 0.3) is 0 Å². The van der Waals surface area contributed by atoms with Gasteiger partial charge in [0.15, 0.2) is 0 Å². The van der Waals surface area contributed by atoms with Crippen molar-refractivity contribution in [2.45, 2.75) is 38.8 Å². The van der Waals surface area contributed by atoms with Gasteiger partial charge in [-0.15, -0.1) is 0 Å². The Hall–Kier alpha value is -0.730. The van der Waals surface area contributed by atoms with Gasteiger partial charge in [-0.3, -0.25) is 0 Å². The van der Waals surface area contributed by atoms with Gasteiger partial charge < -0.3 is 10.2 Å². The lowest BCUT2D eigenvalue weighted by Crippen LogP contribution is -2.48. The van der Waals surface area contributed by atoms with E-state index in [9.17, 15) is 0 Å². The molecule has 94 valence electrons. The number of hydrogen-bond donors (Lipinski definition) is 1. The third kappa shape index (κ3) is 3.14. The van der Waals surface area contributed by atoms with Crippen LogP contribution in [0.5, 0.6) is 0 Å². The minimum Gasteiger partial charge on any atom is -0.368 e. The Morgan fingerprint density at radius 2 is 2.06 bits per heavy atom. The first-order valence-electron chi connectivity index (χ1n) is 6.25. The summed E-state index contributed by atoms with van der Waals surface area (Å²) in [4.78, 5) is 2.39. The van der Waals surface area contributed by atoms with Crippen molar-refractivity contribution in [2.24, 2.45) is 0 Å². The van der Waals surface area contributed by atoms with E-state index < -0.39 is 0 Å². The van der Waals surface area contributed by atoms with Gasteiger partial charge in [0, 0.05) is 24.7 Å². The lowest BCUT2D eigenvalue weighted by molar-refractivity contribution is 0.368. The van der Waals surface area contributed by atoms with E-state index in [1.165, 1.54) is 0 Å². The van der Waals surface area contributed by atoms with Crippen LogP contribution in [0.2, 0.25) is 5.02 Å². The molecule has 1 atom stereocenters. The van der Waals surface area contributed by atoms with E-state index in [-0.39, 0.29) is 5.54 Å². The molecule has 1 unspecified atom stereocenters. The number of hydrogen-bond acceptors (Lipinski definition) is 2. The highest BCUT2D eigenvalue weighted by molar-refractivity contribution is 6.33. The molecule has 1 saturated heterocycles. The molecule has 1 aliphatic rings. The van der Waals surface area contributed by atoms with Crippen molar-refractivity contribution in [1.82, 2.24) is 5.32 Å². The minimum absolute atomic E-state index is 0.120. The number of anilines is 1. The van der Waals surface area contributed by atoms with Gasteiger partial charge in [-0.1, -0.05) is 23.7 Å². The second kappa shape index (κ2) is 4.87. The summed E-state index contributed by atoms with van der Waals surface area (Å²) in [5, 5.41) is 4.50. The number of nitrogens with zero attached hydrogens (tertiary/aromatic N) is 1. The highest BCUT2D eigenvalue weighted by Gasteiger charge is 2.27. The maximum atomic E-state index is 6.28. The summed E-state index contributed by atoms with van der Waals surface area (Å²) in [5.74, 6) is 0. The van der Waals surface area contributed by atoms with Crippen molar-refractivity contribution >= 4 is 17.3 Å². The third-order valence-electron chi connectivity index (χ3n) is 3.25. The Balaban J connectivity index is 2.24. The van der Waals surface area contributed by atoms with Gasteiger partial charge in [0.05, 0.1) is 10.7 Å². The Kier molecular flexibility index (Phi) is 3.64. The van der Waals surface area contributed by atoms with E-state index in [4.69, 9.17) is 11.6 Å². The molecule has 17 heavy (non-hydrogen) atoms. The molecular weight excluding hydrogens is 232 g/mol. The van der Waals surface area contributed by atoms with Crippen LogP contribution in [0.25, 0.3) is 0 Å². The van der Waals surface area contributed by atoms with Crippen LogP contribution in [0, 0.1) is 0 Å². The SMILES string of the molecule is CC1CCN(c2ccccc2Cl)CC(C)(C)N1. The van der Waals surface area contributed by atoms with Crippen molar-refractivity contribution in [2.75, 3.05) is 18.0 Å². The Bertz CT molecular complexity index is 390. The zero-order chi connectivity index (χ0) is 12.5. The van der Waals surface area contributed by atoms with Crippen molar-refractivity contribution in [3.63, 3.8) is 0 Å². The second-order valence-electron chi connectivity index (χ2n) is 5.59. The lowest BCUT2D eigenvalue weighted by Gasteiger charge is -2.32. The summed E-state index contributed by atoms with van der Waals surface area (Å²) < 4.78 is 0. The minimum atomic E-state index is 0.120. The van der Waals surface area contributed by atoms with E-state index in [0.717, 1.165) is 30.2 Å². The number of para-hydroxylation sites is 1. The normalized spacial score (nSPS) is 24.5. The fourth-order valence-electron chi connectivity index (χ4n) is 2.60. The molecule has 0 spiro atoms. The van der Waals surface area contributed by atoms with Crippen molar-refractivity contribution in [3.05, 3.63) is 29.3 Å². The summed E-state index contributed by atoms with van der Waals surface area (Å²) in [6.07, 6.45) is 1.15. The molecule has 0 radical (unpaired) electrons. The van der Waals surface area contributed by atoms with E-state index in [0.29, 0.717) is 6.04 Å². The molecule has 1 aromatic carbocycles. The topological polar surface area (TPSA) is 15.3 Å². The number of benzene rings is 1. The largest absolute Gasteiger partial charge is 0.368 e. The molecular formula is C14H21ClN2. The predicted molar refractivity (Wildman–Crippen MR) is 75.0 cm³/mol. The van der Waals surface area contributed by atoms with Crippen LogP contribution in [0.15, 0.2) is 24.3 Å². The first kappa shape index (κ1) is 12.7. The average molecular weight is 253 g/mol. The number of rotatable bonds is 1. The summed E-state index contributed by atoms with van der Waals surface area (Å²) in [7, 11) is 0. The Morgan fingerprint density at radius 1 is 1.35 bits per heavy atom. The molecule has 1 N–H and O–H groups in total. The highest BCUT2D eigenvalue weighted by atomic mass is 35.5. The van der Waals surface area contributed by atoms with Gasteiger partial charge in [0.2, 0.25) is 0 Å². The Morgan fingerprint density at radius 3 is 2.76 bits per heavy atom. The first-order valence-corrected chi connectivity index (χ1v) is 6.63. The maximum Gasteiger partial charge on any atom is 0.0639 e. The fourth-order valence-corrected chi connectivity index (χ4v) is 2.86. The number of nitrogens with one attached hydrogen (secondary N) is 1. The van der Waals surface area contributed by atoms with Gasteiger partial charge in [0.1, 0.15) is 0 Å². The molecule has 0 amide bonds. The van der Waals surface area contributed by atoms with Crippen LogP contribution in [0.3, 0.4) is 0 Å². The molecule has 0 bridgehead atoms. The molecule has 2 nitrogen and oxygen atoms in total. The van der Waals surface area contributed by atoms with Gasteiger partial charge >= 0.3 is 0 Å². The third-order valence-corrected chi connectivity index (χ3v) is 3.57. The number of halogens is 1. The quantitative estimate of drug-likeness (QED) is 0.825. The molecule has 1 fully saturated rings. The van der Waals surface area contributed by atoms with Gasteiger partial charge in [-0.05, 0) is 39.3 Å². The zero-order valence-corrected chi connectivity index (χ0v) is 11.6. The summed E-state index contributed by atoms with van der Waals surface area (Å²) in [6, 6.07) is 8.66. The molecule has 3 heteroatoms. The summed E-state index contributed by atoms with van der Waals surface area (Å²) in [6.45, 7) is 8.79. The summed E-state index contributed by atoms with van der Waals surface area (Å²) >= 11 is 6.28. The van der Waals surface area contributed by atoms with E-state index in [2.05, 4.69) is 43.1 Å². The highest BCUT2D eigenvalue weighted by Crippen LogP contribution is 2.28. The van der Waals surface area contributed by atoms with Crippen LogP contribution in [0.4, 0.5) is 5.69 Å². The zero-order valence-electron chi connectivity index (χ0n) is 10.8. The Labute approximate surface area is 109 Å². The van der Waals surface area contributed by atoms with E-state index in [1.54, 1.807) is 0 Å². The van der Waals surface area contributed by atoms with Crippen LogP contribution in [0.1, 0.15) is 27.2 Å². The molecule has 0 saturated carbocycles. The maximum absolute atomic E-state index is 6.28. The van der Waals surface area contributed by atoms with E-state index in [1.807, 2.05) is 12.1 Å². The molecule has 1 heterocycles. The van der Waals surface area contributed by atoms with Crippen LogP contribution in [-0.2, 0) is 0 Å². The van der Waals surface area contributed by atoms with Crippen LogP contribution >= 0.6 is 11.6 Å². The molecule has 0 aliphatic carbocycles. The van der Waals surface area contributed by atoms with Crippen molar-refractivity contribution in [1.29, 1.82) is 0 Å². The van der Waals surface area contributed by atoms with Gasteiger partial charge in [-0.25, -0.2) is 0 Å². The van der Waals surface area contributed by atoms with Gasteiger partial charge in [-0.2, -0.15) is 0 Å². The lowest BCUT2D eigenvalue weighted by atomic mass is 10.0.